The number of rotatable bonds is 2. The van der Waals surface area contributed by atoms with Crippen molar-refractivity contribution in [3.8, 4) is 0 Å². The van der Waals surface area contributed by atoms with Crippen molar-refractivity contribution in [1.29, 1.82) is 0 Å². The Labute approximate surface area is 119 Å². The molecule has 1 aliphatic rings. The predicted molar refractivity (Wildman–Crippen MR) is 79.5 cm³/mol. The van der Waals surface area contributed by atoms with Crippen LogP contribution >= 0.6 is 0 Å². The van der Waals surface area contributed by atoms with Crippen LogP contribution in [0.2, 0.25) is 0 Å². The van der Waals surface area contributed by atoms with Gasteiger partial charge in [-0.1, -0.05) is 26.0 Å². The number of aromatic amines is 1. The summed E-state index contributed by atoms with van der Waals surface area (Å²) in [6, 6.07) is 8.09. The minimum absolute atomic E-state index is 0.0735. The first-order valence-corrected chi connectivity index (χ1v) is 7.38. The smallest absolute Gasteiger partial charge is 0.225 e. The summed E-state index contributed by atoms with van der Waals surface area (Å²) in [5.74, 6) is 1.68. The van der Waals surface area contributed by atoms with Crippen LogP contribution in [0.1, 0.15) is 38.4 Å². The van der Waals surface area contributed by atoms with Crippen molar-refractivity contribution >= 4 is 16.9 Å². The first-order chi connectivity index (χ1) is 9.65. The molecule has 1 aliphatic heterocycles. The van der Waals surface area contributed by atoms with Crippen molar-refractivity contribution in [2.75, 3.05) is 13.1 Å². The second-order valence-corrected chi connectivity index (χ2v) is 5.92. The number of hydrogen-bond donors (Lipinski definition) is 1. The zero-order valence-electron chi connectivity index (χ0n) is 12.1. The van der Waals surface area contributed by atoms with Gasteiger partial charge >= 0.3 is 0 Å². The second-order valence-electron chi connectivity index (χ2n) is 5.92. The summed E-state index contributed by atoms with van der Waals surface area (Å²) >= 11 is 0. The Morgan fingerprint density at radius 3 is 2.95 bits per heavy atom. The number of H-pyrrole nitrogens is 1. The Hall–Kier alpha value is -1.84. The third kappa shape index (κ3) is 2.42. The molecule has 4 nitrogen and oxygen atoms in total. The van der Waals surface area contributed by atoms with E-state index >= 15 is 0 Å². The lowest BCUT2D eigenvalue weighted by molar-refractivity contribution is -0.135. The summed E-state index contributed by atoms with van der Waals surface area (Å²) in [6.45, 7) is 5.60. The number of nitrogens with one attached hydrogen (secondary N) is 1. The lowest BCUT2D eigenvalue weighted by atomic mass is 9.96. The molecule has 106 valence electrons. The van der Waals surface area contributed by atoms with E-state index in [1.54, 1.807) is 0 Å². The number of amides is 1. The summed E-state index contributed by atoms with van der Waals surface area (Å²) in [5.41, 5.74) is 2.09. The molecule has 1 saturated heterocycles. The number of aromatic nitrogens is 2. The zero-order chi connectivity index (χ0) is 14.1. The molecule has 3 rings (SSSR count). The molecule has 0 aliphatic carbocycles. The Balaban J connectivity index is 1.81. The van der Waals surface area contributed by atoms with Crippen LogP contribution in [-0.2, 0) is 4.79 Å². The molecule has 2 heterocycles. The Kier molecular flexibility index (Phi) is 3.47. The molecule has 20 heavy (non-hydrogen) atoms. The maximum atomic E-state index is 12.1. The standard InChI is InChI=1S/C16H21N3O/c1-11(2)16(20)19-9-5-6-12(10-19)15-17-13-7-3-4-8-14(13)18-15/h3-4,7-8,11-12H,5-6,9-10H2,1-2H3,(H,17,18)/t12-/m0/s1. The number of nitrogens with zero attached hydrogens (tertiary/aromatic N) is 2. The number of carbonyl (C=O) groups is 1. The molecule has 1 aromatic heterocycles. The number of benzene rings is 1. The van der Waals surface area contributed by atoms with Gasteiger partial charge in [-0.2, -0.15) is 0 Å². The highest BCUT2D eigenvalue weighted by molar-refractivity contribution is 5.78. The number of carbonyl (C=O) groups excluding carboxylic acids is 1. The lowest BCUT2D eigenvalue weighted by Gasteiger charge is -2.33. The van der Waals surface area contributed by atoms with E-state index in [2.05, 4.69) is 9.97 Å². The van der Waals surface area contributed by atoms with Gasteiger partial charge in [-0.15, -0.1) is 0 Å². The van der Waals surface area contributed by atoms with Crippen molar-refractivity contribution in [3.05, 3.63) is 30.1 Å². The fraction of sp³-hybridized carbons (Fsp3) is 0.500. The monoisotopic (exact) mass is 271 g/mol. The SMILES string of the molecule is CC(C)C(=O)N1CCC[C@H](c2nc3ccccc3[nH]2)C1. The number of imidazole rings is 1. The van der Waals surface area contributed by atoms with Crippen molar-refractivity contribution in [2.24, 2.45) is 5.92 Å². The molecule has 0 unspecified atom stereocenters. The summed E-state index contributed by atoms with van der Waals surface area (Å²) < 4.78 is 0. The van der Waals surface area contributed by atoms with Crippen molar-refractivity contribution in [3.63, 3.8) is 0 Å². The summed E-state index contributed by atoms with van der Waals surface area (Å²) in [7, 11) is 0. The third-order valence-corrected chi connectivity index (χ3v) is 4.02. The van der Waals surface area contributed by atoms with Crippen molar-refractivity contribution in [2.45, 2.75) is 32.6 Å². The van der Waals surface area contributed by atoms with E-state index in [1.807, 2.05) is 43.0 Å². The number of likely N-dealkylation sites (tertiary alicyclic amines) is 1. The average molecular weight is 271 g/mol. The maximum Gasteiger partial charge on any atom is 0.225 e. The largest absolute Gasteiger partial charge is 0.342 e. The van der Waals surface area contributed by atoms with Crippen LogP contribution in [0.5, 0.6) is 0 Å². The topological polar surface area (TPSA) is 49.0 Å². The van der Waals surface area contributed by atoms with Gasteiger partial charge < -0.3 is 9.88 Å². The molecular weight excluding hydrogens is 250 g/mol. The highest BCUT2D eigenvalue weighted by atomic mass is 16.2. The van der Waals surface area contributed by atoms with E-state index in [0.29, 0.717) is 5.92 Å². The van der Waals surface area contributed by atoms with Crippen LogP contribution in [0.4, 0.5) is 0 Å². The molecule has 1 amide bonds. The fourth-order valence-electron chi connectivity index (χ4n) is 2.93. The quantitative estimate of drug-likeness (QED) is 0.913. The van der Waals surface area contributed by atoms with Gasteiger partial charge in [0.05, 0.1) is 11.0 Å². The summed E-state index contributed by atoms with van der Waals surface area (Å²) in [4.78, 5) is 22.2. The van der Waals surface area contributed by atoms with Crippen LogP contribution in [0.25, 0.3) is 11.0 Å². The molecule has 1 fully saturated rings. The molecule has 1 N–H and O–H groups in total. The molecular formula is C16H21N3O. The van der Waals surface area contributed by atoms with Crippen LogP contribution in [0, 0.1) is 5.92 Å². The van der Waals surface area contributed by atoms with Gasteiger partial charge in [-0.25, -0.2) is 4.98 Å². The number of hydrogen-bond acceptors (Lipinski definition) is 2. The van der Waals surface area contributed by atoms with Gasteiger partial charge in [-0.3, -0.25) is 4.79 Å². The van der Waals surface area contributed by atoms with Crippen LogP contribution < -0.4 is 0 Å². The molecule has 1 aromatic carbocycles. The first-order valence-electron chi connectivity index (χ1n) is 7.38. The van der Waals surface area contributed by atoms with E-state index in [9.17, 15) is 4.79 Å². The number of piperidine rings is 1. The molecule has 0 radical (unpaired) electrons. The Morgan fingerprint density at radius 2 is 2.20 bits per heavy atom. The minimum atomic E-state index is 0.0735. The predicted octanol–water partition coefficient (Wildman–Crippen LogP) is 2.92. The molecule has 4 heteroatoms. The molecule has 1 atom stereocenters. The second kappa shape index (κ2) is 5.27. The zero-order valence-corrected chi connectivity index (χ0v) is 12.1. The van der Waals surface area contributed by atoms with Crippen molar-refractivity contribution < 1.29 is 4.79 Å². The highest BCUT2D eigenvalue weighted by Gasteiger charge is 2.27. The van der Waals surface area contributed by atoms with E-state index in [-0.39, 0.29) is 11.8 Å². The minimum Gasteiger partial charge on any atom is -0.342 e. The molecule has 0 saturated carbocycles. The molecule has 2 aromatic rings. The van der Waals surface area contributed by atoms with Gasteiger partial charge in [0.1, 0.15) is 5.82 Å². The van der Waals surface area contributed by atoms with E-state index in [0.717, 1.165) is 42.8 Å². The number of para-hydroxylation sites is 2. The normalized spacial score (nSPS) is 19.8. The van der Waals surface area contributed by atoms with Gasteiger partial charge in [0.15, 0.2) is 0 Å². The number of fused-ring (bicyclic) bond motifs is 1. The maximum absolute atomic E-state index is 12.1. The van der Waals surface area contributed by atoms with Crippen molar-refractivity contribution in [1.82, 2.24) is 14.9 Å². The Bertz CT molecular complexity index is 584. The van der Waals surface area contributed by atoms with Gasteiger partial charge in [-0.05, 0) is 25.0 Å². The third-order valence-electron chi connectivity index (χ3n) is 4.02. The van der Waals surface area contributed by atoms with E-state index < -0.39 is 0 Å². The molecule has 0 spiro atoms. The van der Waals surface area contributed by atoms with Crippen LogP contribution in [0.3, 0.4) is 0 Å². The summed E-state index contributed by atoms with van der Waals surface area (Å²) in [6.07, 6.45) is 2.15. The first kappa shape index (κ1) is 13.2. The highest BCUT2D eigenvalue weighted by Crippen LogP contribution is 2.27. The van der Waals surface area contributed by atoms with E-state index in [4.69, 9.17) is 0 Å². The lowest BCUT2D eigenvalue weighted by Crippen LogP contribution is -2.41. The van der Waals surface area contributed by atoms with Crippen LogP contribution in [-0.4, -0.2) is 33.9 Å². The van der Waals surface area contributed by atoms with Gasteiger partial charge in [0, 0.05) is 24.9 Å². The van der Waals surface area contributed by atoms with E-state index in [1.165, 1.54) is 0 Å². The molecule has 0 bridgehead atoms. The average Bonchev–Trinajstić information content (AvgIpc) is 2.90. The fourth-order valence-corrected chi connectivity index (χ4v) is 2.93. The van der Waals surface area contributed by atoms with Gasteiger partial charge in [0.25, 0.3) is 0 Å². The Morgan fingerprint density at radius 1 is 1.40 bits per heavy atom. The van der Waals surface area contributed by atoms with Gasteiger partial charge in [0.2, 0.25) is 5.91 Å². The summed E-state index contributed by atoms with van der Waals surface area (Å²) in [5, 5.41) is 0. The van der Waals surface area contributed by atoms with Crippen LogP contribution in [0.15, 0.2) is 24.3 Å².